The molecule has 26 heavy (non-hydrogen) atoms. The van der Waals surface area contributed by atoms with Gasteiger partial charge in [0.05, 0.1) is 19.9 Å². The summed E-state index contributed by atoms with van der Waals surface area (Å²) in [5, 5.41) is 13.6. The zero-order valence-electron chi connectivity index (χ0n) is 14.0. The molecule has 0 N–H and O–H groups in total. The Kier molecular flexibility index (Phi) is 5.28. The van der Waals surface area contributed by atoms with E-state index in [2.05, 4.69) is 9.97 Å². The second-order valence-corrected chi connectivity index (χ2v) is 5.94. The maximum Gasteiger partial charge on any atom is 0.406 e. The Morgan fingerprint density at radius 3 is 2.69 bits per heavy atom. The molecule has 0 spiro atoms. The van der Waals surface area contributed by atoms with Crippen LogP contribution in [0.5, 0.6) is 17.2 Å². The summed E-state index contributed by atoms with van der Waals surface area (Å²) in [7, 11) is 3.15. The van der Waals surface area contributed by atoms with Crippen molar-refractivity contribution < 1.29 is 19.1 Å². The molecule has 0 aliphatic rings. The first-order valence-corrected chi connectivity index (χ1v) is 8.39. The molecule has 134 valence electrons. The van der Waals surface area contributed by atoms with Gasteiger partial charge in [0.15, 0.2) is 11.5 Å². The van der Waals surface area contributed by atoms with Crippen LogP contribution in [0.2, 0.25) is 0 Å². The van der Waals surface area contributed by atoms with Gasteiger partial charge in [-0.2, -0.15) is 0 Å². The van der Waals surface area contributed by atoms with E-state index in [0.29, 0.717) is 17.2 Å². The number of hydrogen-bond donors (Lipinski definition) is 0. The largest absolute Gasteiger partial charge is 0.493 e. The maximum atomic E-state index is 11.0. The third-order valence-corrected chi connectivity index (χ3v) is 4.42. The third-order valence-electron chi connectivity index (χ3n) is 3.48. The lowest BCUT2D eigenvalue weighted by Crippen LogP contribution is -2.00. The number of nitrogens with zero attached hydrogens (tertiary/aromatic N) is 3. The Labute approximate surface area is 153 Å². The predicted octanol–water partition coefficient (Wildman–Crippen LogP) is 3.71. The summed E-state index contributed by atoms with van der Waals surface area (Å²) in [6, 6.07) is 8.63. The molecule has 0 aliphatic heterocycles. The summed E-state index contributed by atoms with van der Waals surface area (Å²) in [6.45, 7) is 0.107. The van der Waals surface area contributed by atoms with Gasteiger partial charge in [0, 0.05) is 10.9 Å². The minimum atomic E-state index is -0.578. The molecule has 1 aromatic carbocycles. The van der Waals surface area contributed by atoms with Gasteiger partial charge in [-0.25, -0.2) is 4.98 Å². The molecular formula is C17H15N3O5S. The summed E-state index contributed by atoms with van der Waals surface area (Å²) in [5.74, 6) is 1.05. The van der Waals surface area contributed by atoms with E-state index < -0.39 is 4.92 Å². The van der Waals surface area contributed by atoms with E-state index in [0.717, 1.165) is 10.6 Å². The van der Waals surface area contributed by atoms with E-state index in [1.165, 1.54) is 23.6 Å². The number of ether oxygens (including phenoxy) is 3. The number of hydrogen-bond acceptors (Lipinski definition) is 8. The van der Waals surface area contributed by atoms with Crippen LogP contribution in [-0.2, 0) is 6.61 Å². The quantitative estimate of drug-likeness (QED) is 0.460. The molecule has 3 aromatic rings. The van der Waals surface area contributed by atoms with Crippen LogP contribution in [0.3, 0.4) is 0 Å². The van der Waals surface area contributed by atoms with Crippen molar-refractivity contribution in [3.63, 3.8) is 0 Å². The molecule has 0 saturated carbocycles. The Hall–Kier alpha value is -3.20. The minimum Gasteiger partial charge on any atom is -0.493 e. The lowest BCUT2D eigenvalue weighted by molar-refractivity contribution is -0.390. The van der Waals surface area contributed by atoms with E-state index in [4.69, 9.17) is 14.2 Å². The molecule has 0 unspecified atom stereocenters. The first-order valence-electron chi connectivity index (χ1n) is 7.51. The van der Waals surface area contributed by atoms with Crippen LogP contribution in [0.1, 0.15) is 5.69 Å². The fourth-order valence-electron chi connectivity index (χ4n) is 2.26. The van der Waals surface area contributed by atoms with Crippen LogP contribution in [0.15, 0.2) is 41.9 Å². The number of rotatable bonds is 7. The fourth-order valence-corrected chi connectivity index (χ4v) is 3.06. The molecule has 9 heteroatoms. The topological polar surface area (TPSA) is 96.6 Å². The van der Waals surface area contributed by atoms with E-state index in [1.807, 2.05) is 23.6 Å². The zero-order valence-corrected chi connectivity index (χ0v) is 14.9. The number of benzene rings is 1. The van der Waals surface area contributed by atoms with Crippen LogP contribution < -0.4 is 14.2 Å². The molecule has 0 aliphatic carbocycles. The number of nitro groups is 1. The highest BCUT2D eigenvalue weighted by Gasteiger charge is 2.16. The van der Waals surface area contributed by atoms with Crippen molar-refractivity contribution in [1.82, 2.24) is 9.97 Å². The van der Waals surface area contributed by atoms with Gasteiger partial charge in [-0.05, 0) is 40.2 Å². The highest BCUT2D eigenvalue weighted by molar-refractivity contribution is 7.13. The number of aromatic nitrogens is 2. The normalized spacial score (nSPS) is 10.4. The molecule has 0 saturated heterocycles. The first kappa shape index (κ1) is 17.6. The summed E-state index contributed by atoms with van der Waals surface area (Å²) >= 11 is 1.44. The van der Waals surface area contributed by atoms with Crippen molar-refractivity contribution in [2.75, 3.05) is 14.2 Å². The molecule has 0 amide bonds. The first-order chi connectivity index (χ1) is 12.6. The van der Waals surface area contributed by atoms with Gasteiger partial charge >= 0.3 is 5.82 Å². The van der Waals surface area contributed by atoms with Crippen molar-refractivity contribution in [2.45, 2.75) is 6.61 Å². The number of thiazole rings is 1. The van der Waals surface area contributed by atoms with E-state index in [-0.39, 0.29) is 18.2 Å². The molecule has 2 aromatic heterocycles. The molecule has 0 fully saturated rings. The highest BCUT2D eigenvalue weighted by Crippen LogP contribution is 2.33. The SMILES string of the molecule is COc1ccc(-c2nc(COc3cccnc3[N+](=O)[O-])cs2)cc1OC. The lowest BCUT2D eigenvalue weighted by Gasteiger charge is -2.08. The van der Waals surface area contributed by atoms with Crippen molar-refractivity contribution in [2.24, 2.45) is 0 Å². The Bertz CT molecular complexity index is 928. The molecule has 8 nitrogen and oxygen atoms in total. The third kappa shape index (κ3) is 3.72. The molecule has 0 bridgehead atoms. The summed E-state index contributed by atoms with van der Waals surface area (Å²) in [5.41, 5.74) is 1.55. The lowest BCUT2D eigenvalue weighted by atomic mass is 10.2. The second-order valence-electron chi connectivity index (χ2n) is 5.08. The van der Waals surface area contributed by atoms with E-state index in [1.54, 1.807) is 20.3 Å². The predicted molar refractivity (Wildman–Crippen MR) is 95.9 cm³/mol. The van der Waals surface area contributed by atoms with Gasteiger partial charge in [0.25, 0.3) is 0 Å². The van der Waals surface area contributed by atoms with Crippen molar-refractivity contribution in [1.29, 1.82) is 0 Å². The van der Waals surface area contributed by atoms with Gasteiger partial charge in [-0.3, -0.25) is 0 Å². The molecule has 0 radical (unpaired) electrons. The minimum absolute atomic E-state index is 0.107. The molecule has 3 rings (SSSR count). The maximum absolute atomic E-state index is 11.0. The number of methoxy groups -OCH3 is 2. The van der Waals surface area contributed by atoms with Gasteiger partial charge in [-0.1, -0.05) is 0 Å². The van der Waals surface area contributed by atoms with Crippen molar-refractivity contribution in [3.8, 4) is 27.8 Å². The Balaban J connectivity index is 1.76. The average molecular weight is 373 g/mol. The molecule has 2 heterocycles. The Morgan fingerprint density at radius 1 is 1.15 bits per heavy atom. The highest BCUT2D eigenvalue weighted by atomic mass is 32.1. The number of pyridine rings is 1. The standard InChI is InChI=1S/C17H15N3O5S/c1-23-13-6-5-11(8-15(13)24-2)17-19-12(10-26-17)9-25-14-4-3-7-18-16(14)20(21)22/h3-8,10H,9H2,1-2H3. The average Bonchev–Trinajstić information content (AvgIpc) is 3.15. The second kappa shape index (κ2) is 7.79. The summed E-state index contributed by atoms with van der Waals surface area (Å²) < 4.78 is 16.0. The van der Waals surface area contributed by atoms with Gasteiger partial charge in [0.2, 0.25) is 5.75 Å². The summed E-state index contributed by atoms with van der Waals surface area (Å²) in [4.78, 5) is 18.6. The Morgan fingerprint density at radius 2 is 1.96 bits per heavy atom. The van der Waals surface area contributed by atoms with Gasteiger partial charge < -0.3 is 24.3 Å². The van der Waals surface area contributed by atoms with Crippen molar-refractivity contribution >= 4 is 17.2 Å². The molecule has 0 atom stereocenters. The summed E-state index contributed by atoms with van der Waals surface area (Å²) in [6.07, 6.45) is 1.35. The zero-order chi connectivity index (χ0) is 18.5. The van der Waals surface area contributed by atoms with Crippen LogP contribution in [0, 0.1) is 10.1 Å². The van der Waals surface area contributed by atoms with E-state index >= 15 is 0 Å². The van der Waals surface area contributed by atoms with Crippen LogP contribution in [0.25, 0.3) is 10.6 Å². The molecular weight excluding hydrogens is 358 g/mol. The van der Waals surface area contributed by atoms with Gasteiger partial charge in [-0.15, -0.1) is 11.3 Å². The monoisotopic (exact) mass is 373 g/mol. The van der Waals surface area contributed by atoms with Gasteiger partial charge in [0.1, 0.15) is 17.8 Å². The fraction of sp³-hybridized carbons (Fsp3) is 0.176. The van der Waals surface area contributed by atoms with Crippen LogP contribution in [-0.4, -0.2) is 29.1 Å². The van der Waals surface area contributed by atoms with E-state index in [9.17, 15) is 10.1 Å². The van der Waals surface area contributed by atoms with Crippen LogP contribution >= 0.6 is 11.3 Å². The van der Waals surface area contributed by atoms with Crippen molar-refractivity contribution in [3.05, 3.63) is 57.7 Å². The smallest absolute Gasteiger partial charge is 0.406 e. The van der Waals surface area contributed by atoms with Crippen LogP contribution in [0.4, 0.5) is 5.82 Å².